The maximum Gasteiger partial charge on any atom is 0.259 e. The number of carbonyl (C=O) groups is 2. The highest BCUT2D eigenvalue weighted by Crippen LogP contribution is 2.40. The monoisotopic (exact) mass is 320 g/mol. The highest BCUT2D eigenvalue weighted by Gasteiger charge is 2.43. The Bertz CT molecular complexity index is 598. The zero-order valence-corrected chi connectivity index (χ0v) is 13.7. The van der Waals surface area contributed by atoms with Gasteiger partial charge in [0.2, 0.25) is 0 Å². The molecule has 4 heteroatoms. The zero-order valence-electron chi connectivity index (χ0n) is 13.7. The van der Waals surface area contributed by atoms with Crippen LogP contribution in [-0.2, 0) is 9.59 Å². The van der Waals surface area contributed by atoms with Gasteiger partial charge in [-0.3, -0.25) is 9.59 Å². The van der Waals surface area contributed by atoms with Gasteiger partial charge in [0.05, 0.1) is 5.92 Å². The summed E-state index contributed by atoms with van der Waals surface area (Å²) in [5.74, 6) is -1.79. The second-order valence-corrected chi connectivity index (χ2v) is 7.08. The third-order valence-electron chi connectivity index (χ3n) is 4.33. The van der Waals surface area contributed by atoms with E-state index < -0.39 is 18.3 Å². The molecule has 1 saturated carbocycles. The number of hydrogen-bond acceptors (Lipinski definition) is 2. The van der Waals surface area contributed by atoms with E-state index in [1.54, 1.807) is 24.3 Å². The molecule has 1 atom stereocenters. The molecule has 0 heterocycles. The van der Waals surface area contributed by atoms with Gasteiger partial charge in [0.1, 0.15) is 11.6 Å². The maximum atomic E-state index is 13.0. The average Bonchev–Trinajstić information content (AvgIpc) is 2.44. The van der Waals surface area contributed by atoms with Gasteiger partial charge in [-0.2, -0.15) is 0 Å². The van der Waals surface area contributed by atoms with Crippen molar-refractivity contribution >= 4 is 11.6 Å². The lowest BCUT2D eigenvalue weighted by Gasteiger charge is -2.35. The Kier molecular flexibility index (Phi) is 5.12. The first-order chi connectivity index (χ1) is 10.7. The number of hydrogen-bond donors (Lipinski definition) is 0. The topological polar surface area (TPSA) is 34.1 Å². The van der Waals surface area contributed by atoms with E-state index in [0.29, 0.717) is 12.8 Å². The Morgan fingerprint density at radius 1 is 1.13 bits per heavy atom. The number of ketones is 2. The van der Waals surface area contributed by atoms with Gasteiger partial charge < -0.3 is 0 Å². The van der Waals surface area contributed by atoms with Crippen molar-refractivity contribution in [2.45, 2.75) is 46.0 Å². The van der Waals surface area contributed by atoms with Crippen LogP contribution in [-0.4, -0.2) is 18.0 Å². The van der Waals surface area contributed by atoms with Crippen LogP contribution in [0.5, 0.6) is 0 Å². The van der Waals surface area contributed by atoms with Crippen molar-refractivity contribution < 1.29 is 18.4 Å². The van der Waals surface area contributed by atoms with Gasteiger partial charge >= 0.3 is 0 Å². The molecule has 2 rings (SSSR count). The van der Waals surface area contributed by atoms with Gasteiger partial charge in [-0.05, 0) is 23.5 Å². The molecule has 124 valence electrons. The van der Waals surface area contributed by atoms with Gasteiger partial charge in [-0.25, -0.2) is 8.78 Å². The highest BCUT2D eigenvalue weighted by molar-refractivity contribution is 6.06. The molecule has 1 unspecified atom stereocenters. The summed E-state index contributed by atoms with van der Waals surface area (Å²) in [5.41, 5.74) is 0.260. The van der Waals surface area contributed by atoms with E-state index in [1.165, 1.54) is 13.0 Å². The SMILES string of the molecule is C/C(=C\C(c1ccccc1)C1C(=O)CC(C)(C)CC1=O)C(F)F. The van der Waals surface area contributed by atoms with E-state index in [4.69, 9.17) is 0 Å². The Balaban J connectivity index is 2.44. The van der Waals surface area contributed by atoms with Crippen LogP contribution in [0.3, 0.4) is 0 Å². The summed E-state index contributed by atoms with van der Waals surface area (Å²) in [4.78, 5) is 25.1. The molecule has 1 aliphatic carbocycles. The number of carbonyl (C=O) groups excluding carboxylic acids is 2. The molecule has 2 nitrogen and oxygen atoms in total. The van der Waals surface area contributed by atoms with Crippen molar-refractivity contribution in [3.05, 3.63) is 47.5 Å². The summed E-state index contributed by atoms with van der Waals surface area (Å²) in [6.07, 6.45) is -0.604. The summed E-state index contributed by atoms with van der Waals surface area (Å²) in [6.45, 7) is 5.11. The summed E-state index contributed by atoms with van der Waals surface area (Å²) in [7, 11) is 0. The van der Waals surface area contributed by atoms with E-state index in [9.17, 15) is 18.4 Å². The fraction of sp³-hybridized carbons (Fsp3) is 0.474. The predicted octanol–water partition coefficient (Wildman–Crippen LogP) is 4.56. The minimum atomic E-state index is -2.59. The van der Waals surface area contributed by atoms with Gasteiger partial charge in [-0.15, -0.1) is 0 Å². The fourth-order valence-corrected chi connectivity index (χ4v) is 3.22. The largest absolute Gasteiger partial charge is 0.299 e. The van der Waals surface area contributed by atoms with E-state index in [1.807, 2.05) is 19.9 Å². The van der Waals surface area contributed by atoms with E-state index in [-0.39, 0.29) is 22.6 Å². The quantitative estimate of drug-likeness (QED) is 0.602. The Morgan fingerprint density at radius 3 is 2.13 bits per heavy atom. The molecule has 0 aliphatic heterocycles. The first-order valence-corrected chi connectivity index (χ1v) is 7.78. The van der Waals surface area contributed by atoms with Crippen LogP contribution in [0.15, 0.2) is 42.0 Å². The molecular formula is C19H22F2O2. The van der Waals surface area contributed by atoms with Crippen molar-refractivity contribution in [3.8, 4) is 0 Å². The number of benzene rings is 1. The molecule has 1 fully saturated rings. The van der Waals surface area contributed by atoms with Gasteiger partial charge in [0.15, 0.2) is 0 Å². The normalized spacial score (nSPS) is 20.9. The summed E-state index contributed by atoms with van der Waals surface area (Å²) < 4.78 is 25.9. The predicted molar refractivity (Wildman–Crippen MR) is 85.5 cm³/mol. The van der Waals surface area contributed by atoms with Crippen LogP contribution >= 0.6 is 0 Å². The number of allylic oxidation sites excluding steroid dienone is 2. The lowest BCUT2D eigenvalue weighted by atomic mass is 9.66. The summed E-state index contributed by atoms with van der Waals surface area (Å²) >= 11 is 0. The summed E-state index contributed by atoms with van der Waals surface area (Å²) in [5, 5.41) is 0. The minimum Gasteiger partial charge on any atom is -0.299 e. The van der Waals surface area contributed by atoms with E-state index >= 15 is 0 Å². The molecule has 0 N–H and O–H groups in total. The maximum absolute atomic E-state index is 13.0. The molecule has 1 aromatic carbocycles. The van der Waals surface area contributed by atoms with E-state index in [0.717, 1.165) is 5.56 Å². The van der Waals surface area contributed by atoms with Crippen LogP contribution in [0.4, 0.5) is 8.78 Å². The third kappa shape index (κ3) is 4.12. The number of alkyl halides is 2. The van der Waals surface area contributed by atoms with Crippen LogP contribution < -0.4 is 0 Å². The van der Waals surface area contributed by atoms with Crippen molar-refractivity contribution in [1.82, 2.24) is 0 Å². The van der Waals surface area contributed by atoms with Crippen molar-refractivity contribution in [2.24, 2.45) is 11.3 Å². The van der Waals surface area contributed by atoms with Crippen LogP contribution in [0, 0.1) is 11.3 Å². The zero-order chi connectivity index (χ0) is 17.2. The number of Topliss-reactive ketones (excluding diaryl/α,β-unsaturated/α-hetero) is 2. The first kappa shape index (κ1) is 17.5. The Labute approximate surface area is 135 Å². The van der Waals surface area contributed by atoms with Gasteiger partial charge in [0.25, 0.3) is 6.43 Å². The van der Waals surface area contributed by atoms with Crippen molar-refractivity contribution in [3.63, 3.8) is 0 Å². The fourth-order valence-electron chi connectivity index (χ4n) is 3.22. The smallest absolute Gasteiger partial charge is 0.259 e. The molecule has 1 aromatic rings. The highest BCUT2D eigenvalue weighted by atomic mass is 19.3. The van der Waals surface area contributed by atoms with Crippen LogP contribution in [0.1, 0.15) is 45.1 Å². The Morgan fingerprint density at radius 2 is 1.65 bits per heavy atom. The molecule has 1 aliphatic rings. The standard InChI is InChI=1S/C19H22F2O2/c1-12(18(20)21)9-14(13-7-5-4-6-8-13)17-15(22)10-19(2,3)11-16(17)23/h4-9,14,17-18H,10-11H2,1-3H3/b12-9+. The van der Waals surface area contributed by atoms with Crippen LogP contribution in [0.25, 0.3) is 0 Å². The van der Waals surface area contributed by atoms with Crippen molar-refractivity contribution in [1.29, 1.82) is 0 Å². The van der Waals surface area contributed by atoms with Gasteiger partial charge in [0, 0.05) is 18.8 Å². The molecule has 0 saturated heterocycles. The molecule has 0 spiro atoms. The van der Waals surface area contributed by atoms with E-state index in [2.05, 4.69) is 0 Å². The molecule has 0 aromatic heterocycles. The summed E-state index contributed by atoms with van der Waals surface area (Å²) in [6, 6.07) is 8.95. The second-order valence-electron chi connectivity index (χ2n) is 7.08. The van der Waals surface area contributed by atoms with Crippen molar-refractivity contribution in [2.75, 3.05) is 0 Å². The Hall–Kier alpha value is -1.84. The van der Waals surface area contributed by atoms with Gasteiger partial charge in [-0.1, -0.05) is 50.3 Å². The number of halogens is 2. The molecule has 0 bridgehead atoms. The average molecular weight is 320 g/mol. The molecule has 23 heavy (non-hydrogen) atoms. The lowest BCUT2D eigenvalue weighted by Crippen LogP contribution is -2.40. The molecule has 0 amide bonds. The second kappa shape index (κ2) is 6.73. The first-order valence-electron chi connectivity index (χ1n) is 7.78. The van der Waals surface area contributed by atoms with Crippen LogP contribution in [0.2, 0.25) is 0 Å². The molecular weight excluding hydrogens is 298 g/mol. The molecule has 0 radical (unpaired) electrons. The number of rotatable bonds is 4. The third-order valence-corrected chi connectivity index (χ3v) is 4.33. The minimum absolute atomic E-state index is 0.107. The lowest BCUT2D eigenvalue weighted by molar-refractivity contribution is -0.140.